The number of amides is 2. The van der Waals surface area contributed by atoms with Crippen LogP contribution in [0.15, 0.2) is 12.4 Å². The Morgan fingerprint density at radius 1 is 1.35 bits per heavy atom. The summed E-state index contributed by atoms with van der Waals surface area (Å²) < 4.78 is 1.78. The van der Waals surface area contributed by atoms with Crippen LogP contribution in [-0.4, -0.2) is 51.0 Å². The van der Waals surface area contributed by atoms with Crippen LogP contribution in [0, 0.1) is 11.8 Å². The minimum atomic E-state index is -0.154. The van der Waals surface area contributed by atoms with Crippen molar-refractivity contribution in [1.29, 1.82) is 0 Å². The van der Waals surface area contributed by atoms with Gasteiger partial charge in [0.1, 0.15) is 0 Å². The van der Waals surface area contributed by atoms with Crippen molar-refractivity contribution in [1.82, 2.24) is 19.6 Å². The molecule has 2 amide bonds. The van der Waals surface area contributed by atoms with E-state index in [-0.39, 0.29) is 23.8 Å². The first-order valence-corrected chi connectivity index (χ1v) is 8.68. The van der Waals surface area contributed by atoms with Crippen molar-refractivity contribution in [2.75, 3.05) is 19.6 Å². The minimum absolute atomic E-state index is 0.129. The van der Waals surface area contributed by atoms with Crippen LogP contribution >= 0.6 is 0 Å². The largest absolute Gasteiger partial charge is 0.342 e. The molecule has 3 aliphatic rings. The molecule has 2 saturated heterocycles. The first kappa shape index (κ1) is 14.7. The van der Waals surface area contributed by atoms with Gasteiger partial charge >= 0.3 is 0 Å². The fraction of sp³-hybridized carbons (Fsp3) is 0.706. The Kier molecular flexibility index (Phi) is 3.62. The maximum absolute atomic E-state index is 13.0. The highest BCUT2D eigenvalue weighted by molar-refractivity contribution is 5.89. The number of carbonyl (C=O) groups excluding carboxylic acids is 2. The van der Waals surface area contributed by atoms with Gasteiger partial charge in [-0.2, -0.15) is 5.10 Å². The van der Waals surface area contributed by atoms with Crippen molar-refractivity contribution in [3.63, 3.8) is 0 Å². The van der Waals surface area contributed by atoms with Gasteiger partial charge in [-0.3, -0.25) is 14.3 Å². The molecule has 0 unspecified atom stereocenters. The maximum atomic E-state index is 13.0. The van der Waals surface area contributed by atoms with Gasteiger partial charge in [-0.25, -0.2) is 0 Å². The lowest BCUT2D eigenvalue weighted by molar-refractivity contribution is -0.136. The molecule has 1 aromatic rings. The first-order valence-electron chi connectivity index (χ1n) is 8.68. The van der Waals surface area contributed by atoms with Gasteiger partial charge in [-0.05, 0) is 31.6 Å². The van der Waals surface area contributed by atoms with E-state index in [1.807, 2.05) is 29.2 Å². The first-order chi connectivity index (χ1) is 11.1. The minimum Gasteiger partial charge on any atom is -0.342 e. The predicted molar refractivity (Wildman–Crippen MR) is 84.3 cm³/mol. The molecule has 124 valence electrons. The molecule has 2 atom stereocenters. The standard InChI is InChI=1S/C17H24N4O2/c1-19-10-14(8-18-19)15-3-2-6-21(15)17(23)13-7-16(22)20(11-13)9-12-4-5-12/h8,10,12-13,15H,2-7,9,11H2,1H3/t13-,15-/m1/s1. The molecule has 0 bridgehead atoms. The molecule has 1 aliphatic carbocycles. The van der Waals surface area contributed by atoms with Gasteiger partial charge in [0.2, 0.25) is 11.8 Å². The van der Waals surface area contributed by atoms with Crippen LogP contribution in [0.3, 0.4) is 0 Å². The molecule has 6 nitrogen and oxygen atoms in total. The summed E-state index contributed by atoms with van der Waals surface area (Å²) in [6.07, 6.45) is 8.73. The number of carbonyl (C=O) groups is 2. The summed E-state index contributed by atoms with van der Waals surface area (Å²) in [5.74, 6) is 0.844. The van der Waals surface area contributed by atoms with Crippen molar-refractivity contribution in [3.8, 4) is 0 Å². The van der Waals surface area contributed by atoms with Gasteiger partial charge in [0.15, 0.2) is 0 Å². The Hall–Kier alpha value is -1.85. The monoisotopic (exact) mass is 316 g/mol. The highest BCUT2D eigenvalue weighted by Crippen LogP contribution is 2.36. The molecule has 4 rings (SSSR count). The summed E-state index contributed by atoms with van der Waals surface area (Å²) in [7, 11) is 1.90. The number of rotatable bonds is 4. The van der Waals surface area contributed by atoms with Crippen LogP contribution < -0.4 is 0 Å². The van der Waals surface area contributed by atoms with E-state index in [0.29, 0.717) is 18.9 Å². The van der Waals surface area contributed by atoms with E-state index in [9.17, 15) is 9.59 Å². The smallest absolute Gasteiger partial charge is 0.228 e. The molecule has 2 aliphatic heterocycles. The maximum Gasteiger partial charge on any atom is 0.228 e. The van der Waals surface area contributed by atoms with Crippen LogP contribution in [0.2, 0.25) is 0 Å². The van der Waals surface area contributed by atoms with E-state index in [0.717, 1.165) is 31.5 Å². The summed E-state index contributed by atoms with van der Waals surface area (Å²) in [4.78, 5) is 29.0. The SMILES string of the molecule is Cn1cc([C@H]2CCCN2C(=O)[C@@H]2CC(=O)N(CC3CC3)C2)cn1. The topological polar surface area (TPSA) is 58.4 Å². The van der Waals surface area contributed by atoms with Gasteiger partial charge in [-0.1, -0.05) is 0 Å². The fourth-order valence-corrected chi connectivity index (χ4v) is 3.95. The lowest BCUT2D eigenvalue weighted by Gasteiger charge is -2.26. The Morgan fingerprint density at radius 3 is 2.87 bits per heavy atom. The third-order valence-corrected chi connectivity index (χ3v) is 5.38. The number of hydrogen-bond acceptors (Lipinski definition) is 3. The van der Waals surface area contributed by atoms with Gasteiger partial charge in [0.25, 0.3) is 0 Å². The predicted octanol–water partition coefficient (Wildman–Crippen LogP) is 1.34. The lowest BCUT2D eigenvalue weighted by Crippen LogP contribution is -2.37. The zero-order valence-electron chi connectivity index (χ0n) is 13.6. The third kappa shape index (κ3) is 2.86. The normalized spacial score (nSPS) is 28.0. The van der Waals surface area contributed by atoms with E-state index >= 15 is 0 Å². The van der Waals surface area contributed by atoms with E-state index in [1.165, 1.54) is 12.8 Å². The second kappa shape index (κ2) is 5.65. The highest BCUT2D eigenvalue weighted by Gasteiger charge is 2.41. The molecule has 0 radical (unpaired) electrons. The second-order valence-corrected chi connectivity index (χ2v) is 7.28. The number of aromatic nitrogens is 2. The van der Waals surface area contributed by atoms with Crippen LogP contribution in [-0.2, 0) is 16.6 Å². The number of aryl methyl sites for hydroxylation is 1. The van der Waals surface area contributed by atoms with E-state index in [1.54, 1.807) is 4.68 Å². The molecule has 1 saturated carbocycles. The average molecular weight is 316 g/mol. The number of hydrogen-bond donors (Lipinski definition) is 0. The lowest BCUT2D eigenvalue weighted by atomic mass is 10.0. The van der Waals surface area contributed by atoms with Crippen molar-refractivity contribution in [2.24, 2.45) is 18.9 Å². The van der Waals surface area contributed by atoms with Gasteiger partial charge in [0, 0.05) is 44.9 Å². The summed E-state index contributed by atoms with van der Waals surface area (Å²) in [5.41, 5.74) is 1.11. The van der Waals surface area contributed by atoms with Crippen LogP contribution in [0.1, 0.15) is 43.7 Å². The zero-order chi connectivity index (χ0) is 16.0. The second-order valence-electron chi connectivity index (χ2n) is 7.28. The molecule has 1 aromatic heterocycles. The van der Waals surface area contributed by atoms with Crippen molar-refractivity contribution in [3.05, 3.63) is 18.0 Å². The molecule has 0 spiro atoms. The Bertz CT molecular complexity index is 622. The van der Waals surface area contributed by atoms with Gasteiger partial charge in [0.05, 0.1) is 18.2 Å². The molecular weight excluding hydrogens is 292 g/mol. The van der Waals surface area contributed by atoms with Gasteiger partial charge in [-0.15, -0.1) is 0 Å². The summed E-state index contributed by atoms with van der Waals surface area (Å²) >= 11 is 0. The van der Waals surface area contributed by atoms with Crippen LogP contribution in [0.5, 0.6) is 0 Å². The Balaban J connectivity index is 1.44. The summed E-state index contributed by atoms with van der Waals surface area (Å²) in [6.45, 7) is 2.27. The zero-order valence-corrected chi connectivity index (χ0v) is 13.6. The molecule has 3 fully saturated rings. The summed E-state index contributed by atoms with van der Waals surface area (Å²) in [5, 5.41) is 4.23. The Labute approximate surface area is 136 Å². The molecule has 0 N–H and O–H groups in total. The quantitative estimate of drug-likeness (QED) is 0.842. The molecule has 23 heavy (non-hydrogen) atoms. The number of nitrogens with zero attached hydrogens (tertiary/aromatic N) is 4. The van der Waals surface area contributed by atoms with Crippen molar-refractivity contribution < 1.29 is 9.59 Å². The van der Waals surface area contributed by atoms with Crippen molar-refractivity contribution in [2.45, 2.75) is 38.1 Å². The van der Waals surface area contributed by atoms with E-state index in [4.69, 9.17) is 0 Å². The fourth-order valence-electron chi connectivity index (χ4n) is 3.95. The Morgan fingerprint density at radius 2 is 2.17 bits per heavy atom. The van der Waals surface area contributed by atoms with Gasteiger partial charge < -0.3 is 9.80 Å². The molecule has 3 heterocycles. The third-order valence-electron chi connectivity index (χ3n) is 5.38. The van der Waals surface area contributed by atoms with E-state index in [2.05, 4.69) is 5.10 Å². The van der Waals surface area contributed by atoms with Crippen LogP contribution in [0.4, 0.5) is 0 Å². The highest BCUT2D eigenvalue weighted by atomic mass is 16.2. The number of likely N-dealkylation sites (tertiary alicyclic amines) is 2. The molecule has 6 heteroatoms. The molecule has 0 aromatic carbocycles. The summed E-state index contributed by atoms with van der Waals surface area (Å²) in [6, 6.07) is 0.129. The van der Waals surface area contributed by atoms with Crippen LogP contribution in [0.25, 0.3) is 0 Å². The molecular formula is C17H24N4O2. The van der Waals surface area contributed by atoms with E-state index < -0.39 is 0 Å². The van der Waals surface area contributed by atoms with Crippen molar-refractivity contribution >= 4 is 11.8 Å². The average Bonchev–Trinajstić information content (AvgIpc) is 2.91.